The predicted molar refractivity (Wildman–Crippen MR) is 129 cm³/mol. The quantitative estimate of drug-likeness (QED) is 0.341. The monoisotopic (exact) mass is 510 g/mol. The molecule has 2 aromatic rings. The van der Waals surface area contributed by atoms with Crippen LogP contribution >= 0.6 is 11.8 Å². The number of benzene rings is 1. The van der Waals surface area contributed by atoms with Crippen molar-refractivity contribution in [2.75, 3.05) is 19.5 Å². The van der Waals surface area contributed by atoms with Crippen LogP contribution in [-0.4, -0.2) is 81.4 Å². The summed E-state index contributed by atoms with van der Waals surface area (Å²) in [7, 11) is 0. The number of aliphatic hydroxyl groups excluding tert-OH is 3. The van der Waals surface area contributed by atoms with E-state index in [0.29, 0.717) is 6.42 Å². The molecule has 3 N–H and O–H groups in total. The molecule has 1 aromatic carbocycles. The molecule has 0 bridgehead atoms. The van der Waals surface area contributed by atoms with Crippen LogP contribution in [0.2, 0.25) is 0 Å². The largest absolute Gasteiger partial charge is 0.508 e. The number of thioether (sulfide) groups is 1. The first-order valence-corrected chi connectivity index (χ1v) is 12.7. The summed E-state index contributed by atoms with van der Waals surface area (Å²) in [6, 6.07) is 8.22. The van der Waals surface area contributed by atoms with E-state index in [1.54, 1.807) is 18.7 Å². The maximum Gasteiger partial charge on any atom is 0.508 e. The molecule has 10 nitrogen and oxygen atoms in total. The Morgan fingerprint density at radius 2 is 1.83 bits per heavy atom. The van der Waals surface area contributed by atoms with E-state index in [2.05, 4.69) is 5.10 Å². The molecule has 194 valence electrons. The average molecular weight is 511 g/mol. The van der Waals surface area contributed by atoms with Crippen molar-refractivity contribution in [3.63, 3.8) is 0 Å². The van der Waals surface area contributed by atoms with E-state index in [1.165, 1.54) is 0 Å². The number of hydrogen-bond acceptors (Lipinski definition) is 10. The maximum atomic E-state index is 11.5. The van der Waals surface area contributed by atoms with E-state index >= 15 is 0 Å². The molecule has 1 fully saturated rings. The number of ether oxygens (including phenoxy) is 4. The number of hydrogen-bond donors (Lipinski definition) is 3. The molecule has 35 heavy (non-hydrogen) atoms. The lowest BCUT2D eigenvalue weighted by atomic mass is 9.99. The van der Waals surface area contributed by atoms with Crippen molar-refractivity contribution in [1.82, 2.24) is 9.78 Å². The van der Waals surface area contributed by atoms with Gasteiger partial charge < -0.3 is 34.3 Å². The molecule has 1 aromatic heterocycles. The molecule has 0 radical (unpaired) electrons. The number of aromatic nitrogens is 2. The minimum absolute atomic E-state index is 0.0558. The first-order valence-electron chi connectivity index (χ1n) is 11.5. The summed E-state index contributed by atoms with van der Waals surface area (Å²) in [6.07, 6.45) is -5.50. The zero-order valence-electron chi connectivity index (χ0n) is 20.6. The second-order valence-corrected chi connectivity index (χ2v) is 9.44. The maximum absolute atomic E-state index is 11.5. The van der Waals surface area contributed by atoms with Crippen LogP contribution in [0.5, 0.6) is 5.88 Å². The topological polar surface area (TPSA) is 132 Å². The van der Waals surface area contributed by atoms with Gasteiger partial charge in [0.2, 0.25) is 12.2 Å². The number of carbonyl (C=O) groups is 1. The van der Waals surface area contributed by atoms with Gasteiger partial charge in [-0.1, -0.05) is 12.1 Å². The van der Waals surface area contributed by atoms with Crippen LogP contribution < -0.4 is 4.74 Å². The lowest BCUT2D eigenvalue weighted by molar-refractivity contribution is -0.278. The lowest BCUT2D eigenvalue weighted by Crippen LogP contribution is -2.60. The van der Waals surface area contributed by atoms with Crippen molar-refractivity contribution >= 4 is 17.9 Å². The second-order valence-electron chi connectivity index (χ2n) is 8.56. The van der Waals surface area contributed by atoms with Gasteiger partial charge in [-0.05, 0) is 51.6 Å². The third-order valence-electron chi connectivity index (χ3n) is 5.79. The molecule has 1 unspecified atom stereocenters. The third-order valence-corrected chi connectivity index (χ3v) is 6.53. The van der Waals surface area contributed by atoms with Crippen molar-refractivity contribution in [2.45, 2.75) is 75.8 Å². The van der Waals surface area contributed by atoms with Crippen LogP contribution in [-0.2, 0) is 20.6 Å². The number of rotatable bonds is 9. The lowest BCUT2D eigenvalue weighted by Gasteiger charge is -2.39. The predicted octanol–water partition coefficient (Wildman–Crippen LogP) is 2.44. The molecule has 0 amide bonds. The Bertz CT molecular complexity index is 981. The number of nitrogens with zero attached hydrogens (tertiary/aromatic N) is 2. The first-order chi connectivity index (χ1) is 16.7. The summed E-state index contributed by atoms with van der Waals surface area (Å²) < 4.78 is 23.1. The van der Waals surface area contributed by atoms with Crippen LogP contribution in [0.25, 0.3) is 0 Å². The minimum atomic E-state index is -1.58. The number of carbonyl (C=O) groups excluding carboxylic acids is 1. The SMILES string of the molecule is CCOC(=O)OC[C@H]1OC(Oc2nn(C(C)C)c(C)c2Cc2ccc(SC)cc2)[C@H](O)[C@@H](O)[C@@H]1O. The summed E-state index contributed by atoms with van der Waals surface area (Å²) >= 11 is 1.66. The van der Waals surface area contributed by atoms with Crippen LogP contribution in [0.15, 0.2) is 29.2 Å². The van der Waals surface area contributed by atoms with Crippen LogP contribution in [0.4, 0.5) is 4.79 Å². The zero-order valence-corrected chi connectivity index (χ0v) is 21.4. The van der Waals surface area contributed by atoms with Gasteiger partial charge in [-0.25, -0.2) is 4.79 Å². The Kier molecular flexibility index (Phi) is 9.42. The second kappa shape index (κ2) is 12.1. The van der Waals surface area contributed by atoms with E-state index in [0.717, 1.165) is 21.7 Å². The fourth-order valence-corrected chi connectivity index (χ4v) is 4.25. The van der Waals surface area contributed by atoms with Gasteiger partial charge in [0.05, 0.1) is 6.61 Å². The molecular formula is C24H34N2O8S. The fourth-order valence-electron chi connectivity index (χ4n) is 3.85. The van der Waals surface area contributed by atoms with Gasteiger partial charge in [-0.3, -0.25) is 4.68 Å². The summed E-state index contributed by atoms with van der Waals surface area (Å²) in [5.41, 5.74) is 2.77. The van der Waals surface area contributed by atoms with Crippen molar-refractivity contribution in [2.24, 2.45) is 0 Å². The van der Waals surface area contributed by atoms with Crippen molar-refractivity contribution in [3.05, 3.63) is 41.1 Å². The molecule has 5 atom stereocenters. The Morgan fingerprint density at radius 1 is 1.14 bits per heavy atom. The van der Waals surface area contributed by atoms with E-state index < -0.39 is 43.5 Å². The summed E-state index contributed by atoms with van der Waals surface area (Å²) in [4.78, 5) is 12.7. The Hall–Kier alpha value is -2.31. The molecule has 11 heteroatoms. The van der Waals surface area contributed by atoms with Gasteiger partial charge in [-0.2, -0.15) is 0 Å². The van der Waals surface area contributed by atoms with Gasteiger partial charge in [0.15, 0.2) is 0 Å². The smallest absolute Gasteiger partial charge is 0.443 e. The molecule has 1 aliphatic rings. The Labute approximate surface area is 209 Å². The third kappa shape index (κ3) is 6.47. The van der Waals surface area contributed by atoms with E-state index in [1.807, 2.05) is 56.0 Å². The van der Waals surface area contributed by atoms with Crippen molar-refractivity contribution in [1.29, 1.82) is 0 Å². The first kappa shape index (κ1) is 27.3. The van der Waals surface area contributed by atoms with Gasteiger partial charge in [0.25, 0.3) is 0 Å². The Morgan fingerprint density at radius 3 is 2.43 bits per heavy atom. The molecule has 0 saturated carbocycles. The molecule has 3 rings (SSSR count). The minimum Gasteiger partial charge on any atom is -0.443 e. The van der Waals surface area contributed by atoms with Crippen molar-refractivity contribution in [3.8, 4) is 5.88 Å². The van der Waals surface area contributed by atoms with Crippen LogP contribution in [0.1, 0.15) is 43.6 Å². The van der Waals surface area contributed by atoms with Gasteiger partial charge in [-0.15, -0.1) is 16.9 Å². The van der Waals surface area contributed by atoms with E-state index in [9.17, 15) is 20.1 Å². The Balaban J connectivity index is 1.83. The molecule has 1 saturated heterocycles. The van der Waals surface area contributed by atoms with E-state index in [4.69, 9.17) is 18.9 Å². The average Bonchev–Trinajstić information content (AvgIpc) is 3.14. The highest BCUT2D eigenvalue weighted by Crippen LogP contribution is 2.31. The number of aliphatic hydroxyl groups is 3. The van der Waals surface area contributed by atoms with Gasteiger partial charge in [0.1, 0.15) is 31.0 Å². The zero-order chi connectivity index (χ0) is 25.7. The summed E-state index contributed by atoms with van der Waals surface area (Å²) in [5.74, 6) is 0.253. The fraction of sp³-hybridized carbons (Fsp3) is 0.583. The summed E-state index contributed by atoms with van der Waals surface area (Å²) in [6.45, 7) is 7.30. The highest BCUT2D eigenvalue weighted by molar-refractivity contribution is 7.98. The van der Waals surface area contributed by atoms with Crippen molar-refractivity contribution < 1.29 is 39.1 Å². The standard InChI is InChI=1S/C24H34N2O8S/c1-6-31-24(30)32-12-18-19(27)20(28)21(29)23(33-18)34-22-17(14(4)26(25-22)13(2)3)11-15-7-9-16(35-5)10-8-15/h7-10,13,18-21,23,27-29H,6,11-12H2,1-5H3/t18-,19-,20+,21-,23?/m1/s1. The van der Waals surface area contributed by atoms with Crippen LogP contribution in [0.3, 0.4) is 0 Å². The summed E-state index contributed by atoms with van der Waals surface area (Å²) in [5, 5.41) is 35.8. The van der Waals surface area contributed by atoms with Gasteiger partial charge in [0, 0.05) is 28.6 Å². The van der Waals surface area contributed by atoms with E-state index in [-0.39, 0.29) is 18.5 Å². The molecule has 0 aliphatic carbocycles. The van der Waals surface area contributed by atoms with Gasteiger partial charge >= 0.3 is 6.16 Å². The molecule has 0 spiro atoms. The molecule has 1 aliphatic heterocycles. The molecule has 2 heterocycles. The molecular weight excluding hydrogens is 476 g/mol. The highest BCUT2D eigenvalue weighted by atomic mass is 32.2. The van der Waals surface area contributed by atoms with Crippen LogP contribution in [0, 0.1) is 6.92 Å². The highest BCUT2D eigenvalue weighted by Gasteiger charge is 2.46. The normalized spacial score (nSPS) is 24.4.